The zero-order valence-corrected chi connectivity index (χ0v) is 22.8. The van der Waals surface area contributed by atoms with Crippen molar-refractivity contribution in [2.45, 2.75) is 44.5 Å². The molecule has 0 aliphatic rings. The van der Waals surface area contributed by atoms with E-state index in [-0.39, 0.29) is 35.9 Å². The molecular formula is C26H25F3N2O6S2. The van der Waals surface area contributed by atoms with E-state index in [0.29, 0.717) is 23.3 Å². The molecule has 0 bridgehead atoms. The Morgan fingerprint density at radius 2 is 1.87 bits per heavy atom. The maximum Gasteiger partial charge on any atom is 0.416 e. The number of hydrogen-bond donors (Lipinski definition) is 1. The molecule has 2 heterocycles. The number of hydrogen-bond acceptors (Lipinski definition) is 8. The number of ether oxygens (including phenoxy) is 2. The minimum Gasteiger partial charge on any atom is -0.469 e. The molecule has 4 aromatic rings. The van der Waals surface area contributed by atoms with E-state index in [9.17, 15) is 26.4 Å². The van der Waals surface area contributed by atoms with Gasteiger partial charge in [0.2, 0.25) is 10.0 Å². The van der Waals surface area contributed by atoms with Gasteiger partial charge in [0.1, 0.15) is 5.69 Å². The van der Waals surface area contributed by atoms with Gasteiger partial charge in [-0.2, -0.15) is 13.2 Å². The quantitative estimate of drug-likeness (QED) is 0.242. The molecule has 0 radical (unpaired) electrons. The van der Waals surface area contributed by atoms with Crippen LogP contribution in [0.2, 0.25) is 0 Å². The van der Waals surface area contributed by atoms with Crippen molar-refractivity contribution in [3.63, 3.8) is 0 Å². The summed E-state index contributed by atoms with van der Waals surface area (Å²) in [5.41, 5.74) is 1.50. The number of halogens is 3. The van der Waals surface area contributed by atoms with E-state index in [0.717, 1.165) is 27.8 Å². The van der Waals surface area contributed by atoms with Crippen molar-refractivity contribution < 1.29 is 40.4 Å². The molecule has 13 heteroatoms. The number of carbonyl (C=O) groups is 1. The van der Waals surface area contributed by atoms with Crippen LogP contribution in [0, 0.1) is 6.92 Å². The van der Waals surface area contributed by atoms with Crippen LogP contribution in [0.25, 0.3) is 21.4 Å². The van der Waals surface area contributed by atoms with Crippen molar-refractivity contribution in [2.75, 3.05) is 13.7 Å². The Hall–Kier alpha value is -3.26. The Bertz CT molecular complexity index is 1590. The fraction of sp³-hybridized carbons (Fsp3) is 0.308. The van der Waals surface area contributed by atoms with E-state index in [1.807, 2.05) is 0 Å². The molecule has 0 amide bonds. The minimum atomic E-state index is -4.48. The van der Waals surface area contributed by atoms with E-state index < -0.39 is 27.7 Å². The second kappa shape index (κ2) is 11.5. The highest BCUT2D eigenvalue weighted by atomic mass is 32.2. The van der Waals surface area contributed by atoms with Crippen LogP contribution in [0.5, 0.6) is 0 Å². The lowest BCUT2D eigenvalue weighted by molar-refractivity contribution is -0.140. The first-order valence-corrected chi connectivity index (χ1v) is 14.1. The van der Waals surface area contributed by atoms with Gasteiger partial charge in [0.25, 0.3) is 0 Å². The van der Waals surface area contributed by atoms with Crippen LogP contribution in [-0.4, -0.2) is 33.3 Å². The summed E-state index contributed by atoms with van der Waals surface area (Å²) in [6, 6.07) is 7.53. The molecule has 1 N–H and O–H groups in total. The van der Waals surface area contributed by atoms with E-state index in [4.69, 9.17) is 14.0 Å². The SMILES string of the molecule is CCOCc1c(CNS(=O)(=O)c2ccc3c(CC(=O)OC)csc3c2C)noc1-c1ccc(C(F)(F)F)cc1. The van der Waals surface area contributed by atoms with Gasteiger partial charge in [0, 0.05) is 16.9 Å². The highest BCUT2D eigenvalue weighted by Gasteiger charge is 2.30. The van der Waals surface area contributed by atoms with Gasteiger partial charge >= 0.3 is 12.1 Å². The number of aromatic nitrogens is 1. The average Bonchev–Trinajstić information content (AvgIpc) is 3.50. The number of methoxy groups -OCH3 is 1. The summed E-state index contributed by atoms with van der Waals surface area (Å²) in [6.07, 6.45) is -4.40. The molecule has 0 saturated heterocycles. The molecule has 0 aliphatic carbocycles. The predicted molar refractivity (Wildman–Crippen MR) is 139 cm³/mol. The normalized spacial score (nSPS) is 12.3. The Labute approximate surface area is 226 Å². The number of nitrogens with one attached hydrogen (secondary N) is 1. The van der Waals surface area contributed by atoms with Crippen LogP contribution < -0.4 is 4.72 Å². The lowest BCUT2D eigenvalue weighted by atomic mass is 10.0. The van der Waals surface area contributed by atoms with Crippen molar-refractivity contribution in [3.05, 3.63) is 69.7 Å². The monoisotopic (exact) mass is 582 g/mol. The minimum absolute atomic E-state index is 0.0244. The highest BCUT2D eigenvalue weighted by Crippen LogP contribution is 2.35. The van der Waals surface area contributed by atoms with Crippen LogP contribution in [0.4, 0.5) is 13.2 Å². The zero-order chi connectivity index (χ0) is 28.4. The van der Waals surface area contributed by atoms with Gasteiger partial charge in [-0.05, 0) is 53.9 Å². The Morgan fingerprint density at radius 3 is 2.51 bits per heavy atom. The molecule has 0 atom stereocenters. The summed E-state index contributed by atoms with van der Waals surface area (Å²) >= 11 is 1.34. The number of alkyl halides is 3. The second-order valence-corrected chi connectivity index (χ2v) is 11.2. The van der Waals surface area contributed by atoms with Gasteiger partial charge in [-0.25, -0.2) is 13.1 Å². The largest absolute Gasteiger partial charge is 0.469 e. The van der Waals surface area contributed by atoms with Gasteiger partial charge in [-0.15, -0.1) is 11.3 Å². The molecule has 0 aliphatic heterocycles. The van der Waals surface area contributed by atoms with Crippen LogP contribution >= 0.6 is 11.3 Å². The summed E-state index contributed by atoms with van der Waals surface area (Å²) < 4.78 is 84.3. The molecular weight excluding hydrogens is 557 g/mol. The summed E-state index contributed by atoms with van der Waals surface area (Å²) in [5, 5.41) is 6.56. The van der Waals surface area contributed by atoms with Crippen molar-refractivity contribution in [1.29, 1.82) is 0 Å². The number of sulfonamides is 1. The molecule has 0 saturated carbocycles. The van der Waals surface area contributed by atoms with E-state index in [2.05, 4.69) is 9.88 Å². The van der Waals surface area contributed by atoms with Crippen molar-refractivity contribution in [3.8, 4) is 11.3 Å². The molecule has 39 heavy (non-hydrogen) atoms. The number of carbonyl (C=O) groups excluding carboxylic acids is 1. The zero-order valence-electron chi connectivity index (χ0n) is 21.2. The Balaban J connectivity index is 1.60. The third-order valence-corrected chi connectivity index (χ3v) is 8.81. The van der Waals surface area contributed by atoms with Gasteiger partial charge < -0.3 is 14.0 Å². The first kappa shape index (κ1) is 28.7. The van der Waals surface area contributed by atoms with Crippen molar-refractivity contribution >= 4 is 37.4 Å². The summed E-state index contributed by atoms with van der Waals surface area (Å²) in [5.74, 6) is -0.197. The average molecular weight is 583 g/mol. The van der Waals surface area contributed by atoms with Gasteiger partial charge in [0.05, 0.1) is 42.7 Å². The van der Waals surface area contributed by atoms with E-state index in [1.165, 1.54) is 36.6 Å². The summed E-state index contributed by atoms with van der Waals surface area (Å²) in [4.78, 5) is 11.8. The molecule has 8 nitrogen and oxygen atoms in total. The van der Waals surface area contributed by atoms with Crippen LogP contribution in [-0.2, 0) is 50.0 Å². The lowest BCUT2D eigenvalue weighted by Crippen LogP contribution is -2.24. The van der Waals surface area contributed by atoms with Gasteiger partial charge in [-0.1, -0.05) is 23.4 Å². The number of fused-ring (bicyclic) bond motifs is 1. The van der Waals surface area contributed by atoms with Crippen molar-refractivity contribution in [1.82, 2.24) is 9.88 Å². The predicted octanol–water partition coefficient (Wildman–Crippen LogP) is 5.61. The summed E-state index contributed by atoms with van der Waals surface area (Å²) in [7, 11) is -2.69. The number of nitrogens with zero attached hydrogens (tertiary/aromatic N) is 1. The topological polar surface area (TPSA) is 108 Å². The molecule has 4 rings (SSSR count). The number of rotatable bonds is 10. The first-order chi connectivity index (χ1) is 18.5. The number of benzene rings is 2. The number of esters is 1. The molecule has 2 aromatic heterocycles. The Kier molecular flexibility index (Phi) is 8.45. The maximum absolute atomic E-state index is 13.3. The summed E-state index contributed by atoms with van der Waals surface area (Å²) in [6.45, 7) is 3.60. The smallest absolute Gasteiger partial charge is 0.416 e. The van der Waals surface area contributed by atoms with Gasteiger partial charge in [-0.3, -0.25) is 4.79 Å². The standard InChI is InChI=1S/C26H25F3N2O6S2/c1-4-36-13-20-21(31-37-24(20)16-5-7-18(8-6-16)26(27,28)29)12-30-39(33,34)22-10-9-19-17(11-23(32)35-3)14-38-25(19)15(22)2/h5-10,14,30H,4,11-13H2,1-3H3. The molecule has 2 aromatic carbocycles. The first-order valence-electron chi connectivity index (χ1n) is 11.7. The van der Waals surface area contributed by atoms with E-state index >= 15 is 0 Å². The molecule has 0 unspecified atom stereocenters. The Morgan fingerprint density at radius 1 is 1.15 bits per heavy atom. The van der Waals surface area contributed by atoms with E-state index in [1.54, 1.807) is 25.3 Å². The van der Waals surface area contributed by atoms with Crippen LogP contribution in [0.1, 0.15) is 34.9 Å². The maximum atomic E-state index is 13.3. The molecule has 0 spiro atoms. The molecule has 208 valence electrons. The second-order valence-electron chi connectivity index (χ2n) is 8.55. The fourth-order valence-corrected chi connectivity index (χ4v) is 6.42. The molecule has 0 fully saturated rings. The number of aryl methyl sites for hydroxylation is 1. The van der Waals surface area contributed by atoms with Crippen LogP contribution in [0.15, 0.2) is 51.2 Å². The fourth-order valence-electron chi connectivity index (χ4n) is 4.04. The van der Waals surface area contributed by atoms with Crippen LogP contribution in [0.3, 0.4) is 0 Å². The number of thiophene rings is 1. The third kappa shape index (κ3) is 6.16. The third-order valence-electron chi connectivity index (χ3n) is 6.10. The van der Waals surface area contributed by atoms with Crippen molar-refractivity contribution in [2.24, 2.45) is 0 Å². The van der Waals surface area contributed by atoms with Gasteiger partial charge in [0.15, 0.2) is 5.76 Å². The lowest BCUT2D eigenvalue weighted by Gasteiger charge is -2.11. The highest BCUT2D eigenvalue weighted by molar-refractivity contribution is 7.89.